The number of nitrogens with two attached hydrogens (primary N) is 1. The first-order chi connectivity index (χ1) is 9.81. The van der Waals surface area contributed by atoms with Crippen molar-refractivity contribution in [3.8, 4) is 5.88 Å². The van der Waals surface area contributed by atoms with E-state index in [0.717, 1.165) is 42.4 Å². The summed E-state index contributed by atoms with van der Waals surface area (Å²) in [5.74, 6) is 1.55. The van der Waals surface area contributed by atoms with Crippen molar-refractivity contribution >= 4 is 5.69 Å². The fraction of sp³-hybridized carbons (Fsp3) is 0.824. The van der Waals surface area contributed by atoms with Crippen molar-refractivity contribution in [1.82, 2.24) is 9.78 Å². The molecular weight excluding hydrogens is 262 g/mol. The molecule has 1 heterocycles. The largest absolute Gasteiger partial charge is 0.472 e. The van der Waals surface area contributed by atoms with Crippen molar-refractivity contribution in [2.75, 3.05) is 5.73 Å². The maximum atomic E-state index is 6.41. The molecule has 3 rings (SSSR count). The van der Waals surface area contributed by atoms with E-state index in [-0.39, 0.29) is 11.5 Å². The molecular formula is C17H29N3O. The fourth-order valence-corrected chi connectivity index (χ4v) is 4.58. The summed E-state index contributed by atoms with van der Waals surface area (Å²) in [6.07, 6.45) is 5.98. The van der Waals surface area contributed by atoms with Crippen LogP contribution in [0.25, 0.3) is 0 Å². The maximum Gasteiger partial charge on any atom is 0.236 e. The summed E-state index contributed by atoms with van der Waals surface area (Å²) in [6, 6.07) is 0. The molecule has 118 valence electrons. The number of nitrogen functional groups attached to an aromatic ring is 1. The van der Waals surface area contributed by atoms with Gasteiger partial charge in [0.1, 0.15) is 11.8 Å². The summed E-state index contributed by atoms with van der Waals surface area (Å²) >= 11 is 0. The molecule has 0 aliphatic heterocycles. The molecule has 0 saturated heterocycles. The van der Waals surface area contributed by atoms with Gasteiger partial charge in [-0.05, 0) is 37.0 Å². The summed E-state index contributed by atoms with van der Waals surface area (Å²) in [6.45, 7) is 9.35. The minimum Gasteiger partial charge on any atom is -0.472 e. The van der Waals surface area contributed by atoms with Crippen molar-refractivity contribution in [1.29, 1.82) is 0 Å². The third kappa shape index (κ3) is 1.91. The van der Waals surface area contributed by atoms with E-state index in [9.17, 15) is 0 Å². The normalized spacial score (nSPS) is 33.6. The Kier molecular flexibility index (Phi) is 3.26. The van der Waals surface area contributed by atoms with Crippen LogP contribution >= 0.6 is 0 Å². The molecule has 3 atom stereocenters. The minimum absolute atomic E-state index is 0.249. The number of hydrogen-bond donors (Lipinski definition) is 1. The van der Waals surface area contributed by atoms with Crippen molar-refractivity contribution in [3.63, 3.8) is 0 Å². The Hall–Kier alpha value is -1.19. The summed E-state index contributed by atoms with van der Waals surface area (Å²) in [5, 5.41) is 4.53. The number of rotatable bonds is 4. The highest BCUT2D eigenvalue weighted by Crippen LogP contribution is 2.66. The third-order valence-electron chi connectivity index (χ3n) is 6.56. The Bertz CT molecular complexity index is 548. The maximum absolute atomic E-state index is 6.41. The van der Waals surface area contributed by atoms with E-state index in [0.29, 0.717) is 5.41 Å². The predicted molar refractivity (Wildman–Crippen MR) is 85.3 cm³/mol. The monoisotopic (exact) mass is 291 g/mol. The lowest BCUT2D eigenvalue weighted by atomic mass is 9.70. The Labute approximate surface area is 128 Å². The number of nitrogens with zero attached hydrogens (tertiary/aromatic N) is 2. The summed E-state index contributed by atoms with van der Waals surface area (Å²) in [4.78, 5) is 0. The molecule has 3 unspecified atom stereocenters. The smallest absolute Gasteiger partial charge is 0.236 e. The molecule has 0 amide bonds. The van der Waals surface area contributed by atoms with Gasteiger partial charge in [0.05, 0.1) is 5.69 Å². The lowest BCUT2D eigenvalue weighted by Gasteiger charge is -2.38. The van der Waals surface area contributed by atoms with E-state index < -0.39 is 0 Å². The van der Waals surface area contributed by atoms with Crippen LogP contribution in [0.2, 0.25) is 0 Å². The molecule has 0 radical (unpaired) electrons. The van der Waals surface area contributed by atoms with Crippen LogP contribution < -0.4 is 10.5 Å². The van der Waals surface area contributed by atoms with Crippen molar-refractivity contribution in [3.05, 3.63) is 5.69 Å². The van der Waals surface area contributed by atoms with Gasteiger partial charge < -0.3 is 10.5 Å². The number of hydrogen-bond acceptors (Lipinski definition) is 3. The molecule has 0 aromatic carbocycles. The van der Waals surface area contributed by atoms with Gasteiger partial charge in [0.25, 0.3) is 0 Å². The van der Waals surface area contributed by atoms with Gasteiger partial charge in [0, 0.05) is 12.5 Å². The van der Waals surface area contributed by atoms with Crippen LogP contribution in [0, 0.1) is 16.7 Å². The van der Waals surface area contributed by atoms with Crippen LogP contribution in [-0.4, -0.2) is 15.9 Å². The molecule has 2 aliphatic carbocycles. The minimum atomic E-state index is 0.249. The zero-order valence-corrected chi connectivity index (χ0v) is 14.1. The lowest BCUT2D eigenvalue weighted by Crippen LogP contribution is -2.39. The summed E-state index contributed by atoms with van der Waals surface area (Å²) < 4.78 is 8.23. The van der Waals surface area contributed by atoms with Gasteiger partial charge in [-0.2, -0.15) is 5.10 Å². The standard InChI is InChI=1S/C17H29N3O/c1-6-7-12-14(18)15(20(5)19-12)21-13-10-11-8-9-17(13,4)16(11,2)3/h11,13H,6-10,18H2,1-5H3. The quantitative estimate of drug-likeness (QED) is 0.923. The number of anilines is 1. The number of aromatic nitrogens is 2. The Morgan fingerprint density at radius 1 is 1.38 bits per heavy atom. The highest BCUT2D eigenvalue weighted by Gasteiger charge is 2.62. The molecule has 1 aromatic heterocycles. The molecule has 2 saturated carbocycles. The highest BCUT2D eigenvalue weighted by molar-refractivity contribution is 5.53. The average molecular weight is 291 g/mol. The zero-order chi connectivity index (χ0) is 15.4. The van der Waals surface area contributed by atoms with Crippen LogP contribution in [0.5, 0.6) is 5.88 Å². The van der Waals surface area contributed by atoms with E-state index >= 15 is 0 Å². The predicted octanol–water partition coefficient (Wildman–Crippen LogP) is 3.55. The van der Waals surface area contributed by atoms with Crippen LogP contribution in [-0.2, 0) is 13.5 Å². The molecule has 2 N–H and O–H groups in total. The second kappa shape index (κ2) is 4.65. The molecule has 4 nitrogen and oxygen atoms in total. The van der Waals surface area contributed by atoms with Crippen molar-refractivity contribution in [2.45, 2.75) is 65.9 Å². The van der Waals surface area contributed by atoms with Gasteiger partial charge in [0.15, 0.2) is 0 Å². The fourth-order valence-electron chi connectivity index (χ4n) is 4.58. The van der Waals surface area contributed by atoms with Gasteiger partial charge >= 0.3 is 0 Å². The number of fused-ring (bicyclic) bond motifs is 2. The van der Waals surface area contributed by atoms with Crippen molar-refractivity contribution in [2.24, 2.45) is 23.8 Å². The second-order valence-electron chi connectivity index (χ2n) is 7.76. The summed E-state index contributed by atoms with van der Waals surface area (Å²) in [5.41, 5.74) is 8.59. The van der Waals surface area contributed by atoms with Crippen LogP contribution in [0.4, 0.5) is 5.69 Å². The SMILES string of the molecule is CCCc1nn(C)c(OC2CC3CCC2(C)C3(C)C)c1N. The molecule has 2 fully saturated rings. The number of aryl methyl sites for hydroxylation is 2. The molecule has 0 spiro atoms. The number of ether oxygens (including phenoxy) is 1. The van der Waals surface area contributed by atoms with Crippen LogP contribution in [0.15, 0.2) is 0 Å². The molecule has 2 aliphatic rings. The van der Waals surface area contributed by atoms with E-state index in [4.69, 9.17) is 10.5 Å². The Morgan fingerprint density at radius 3 is 2.62 bits per heavy atom. The Morgan fingerprint density at radius 2 is 2.10 bits per heavy atom. The highest BCUT2D eigenvalue weighted by atomic mass is 16.5. The van der Waals surface area contributed by atoms with Crippen LogP contribution in [0.1, 0.15) is 59.1 Å². The van der Waals surface area contributed by atoms with Crippen molar-refractivity contribution < 1.29 is 4.74 Å². The third-order valence-corrected chi connectivity index (χ3v) is 6.56. The van der Waals surface area contributed by atoms with Crippen LogP contribution in [0.3, 0.4) is 0 Å². The lowest BCUT2D eigenvalue weighted by molar-refractivity contribution is 0.0252. The average Bonchev–Trinajstić information content (AvgIpc) is 2.88. The summed E-state index contributed by atoms with van der Waals surface area (Å²) in [7, 11) is 1.94. The molecule has 21 heavy (non-hydrogen) atoms. The molecule has 1 aromatic rings. The zero-order valence-electron chi connectivity index (χ0n) is 14.1. The Balaban J connectivity index is 1.86. The van der Waals surface area contributed by atoms with Gasteiger partial charge in [-0.3, -0.25) is 0 Å². The molecule has 2 bridgehead atoms. The van der Waals surface area contributed by atoms with E-state index in [1.807, 2.05) is 11.7 Å². The van der Waals surface area contributed by atoms with Gasteiger partial charge in [0.2, 0.25) is 5.88 Å². The van der Waals surface area contributed by atoms with Gasteiger partial charge in [-0.15, -0.1) is 0 Å². The van der Waals surface area contributed by atoms with Gasteiger partial charge in [-0.25, -0.2) is 4.68 Å². The topological polar surface area (TPSA) is 53.1 Å². The molecule has 4 heteroatoms. The van der Waals surface area contributed by atoms with E-state index in [1.54, 1.807) is 0 Å². The first-order valence-corrected chi connectivity index (χ1v) is 8.29. The second-order valence-corrected chi connectivity index (χ2v) is 7.76. The first-order valence-electron chi connectivity index (χ1n) is 8.29. The first kappa shape index (κ1) is 14.7. The van der Waals surface area contributed by atoms with E-state index in [2.05, 4.69) is 32.8 Å². The van der Waals surface area contributed by atoms with E-state index in [1.165, 1.54) is 12.8 Å². The van der Waals surface area contributed by atoms with Gasteiger partial charge in [-0.1, -0.05) is 34.1 Å².